The number of rotatable bonds is 3. The molecule has 0 amide bonds. The third kappa shape index (κ3) is 3.19. The molecule has 0 aliphatic carbocycles. The van der Waals surface area contributed by atoms with Gasteiger partial charge >= 0.3 is 11.9 Å². The average molecular weight is 224 g/mol. The van der Waals surface area contributed by atoms with Crippen molar-refractivity contribution < 1.29 is 14.3 Å². The van der Waals surface area contributed by atoms with Gasteiger partial charge in [-0.15, -0.1) is 0 Å². The van der Waals surface area contributed by atoms with Crippen LogP contribution in [-0.4, -0.2) is 11.9 Å². The van der Waals surface area contributed by atoms with Gasteiger partial charge in [-0.3, -0.25) is 9.59 Å². The largest absolute Gasteiger partial charge is 0.393 e. The molecule has 0 N–H and O–H groups in total. The summed E-state index contributed by atoms with van der Waals surface area (Å²) in [6.45, 7) is 8.47. The van der Waals surface area contributed by atoms with Crippen molar-refractivity contribution in [1.82, 2.24) is 0 Å². The van der Waals surface area contributed by atoms with Gasteiger partial charge in [0.15, 0.2) is 0 Å². The fourth-order valence-corrected chi connectivity index (χ4v) is 1.84. The topological polar surface area (TPSA) is 43.4 Å². The van der Waals surface area contributed by atoms with Crippen molar-refractivity contribution >= 4 is 11.9 Å². The van der Waals surface area contributed by atoms with E-state index in [0.717, 1.165) is 12.8 Å². The Hall–Kier alpha value is -1.12. The van der Waals surface area contributed by atoms with E-state index in [0.29, 0.717) is 0 Å². The number of esters is 2. The molecule has 3 nitrogen and oxygen atoms in total. The molecule has 0 bridgehead atoms. The molecule has 1 aliphatic rings. The molecule has 1 aliphatic heterocycles. The molecule has 1 saturated heterocycles. The number of carbonyl (C=O) groups is 2. The van der Waals surface area contributed by atoms with E-state index in [1.807, 2.05) is 6.08 Å². The first kappa shape index (κ1) is 12.9. The lowest BCUT2D eigenvalue weighted by Crippen LogP contribution is -2.13. The van der Waals surface area contributed by atoms with E-state index in [9.17, 15) is 9.59 Å². The van der Waals surface area contributed by atoms with Crippen molar-refractivity contribution in [2.45, 2.75) is 47.0 Å². The van der Waals surface area contributed by atoms with Crippen LogP contribution in [0.15, 0.2) is 11.6 Å². The number of cyclic esters (lactones) is 2. The van der Waals surface area contributed by atoms with Gasteiger partial charge in [0.25, 0.3) is 0 Å². The van der Waals surface area contributed by atoms with Gasteiger partial charge in [0.05, 0.1) is 12.3 Å². The number of carbonyl (C=O) groups excluding carboxylic acids is 2. The minimum absolute atomic E-state index is 0.0436. The zero-order chi connectivity index (χ0) is 12.3. The maximum Gasteiger partial charge on any atom is 0.321 e. The first-order valence-electron chi connectivity index (χ1n) is 5.80. The van der Waals surface area contributed by atoms with E-state index < -0.39 is 11.9 Å². The second-order valence-corrected chi connectivity index (χ2v) is 5.30. The Balaban J connectivity index is 2.86. The molecular weight excluding hydrogens is 204 g/mol. The summed E-state index contributed by atoms with van der Waals surface area (Å²) in [4.78, 5) is 22.3. The Kier molecular flexibility index (Phi) is 3.89. The Morgan fingerprint density at radius 2 is 2.06 bits per heavy atom. The van der Waals surface area contributed by atoms with Crippen LogP contribution in [0.25, 0.3) is 0 Å². The van der Waals surface area contributed by atoms with Crippen LogP contribution in [0, 0.1) is 11.3 Å². The second kappa shape index (κ2) is 4.81. The van der Waals surface area contributed by atoms with Gasteiger partial charge in [-0.05, 0) is 11.8 Å². The molecule has 90 valence electrons. The summed E-state index contributed by atoms with van der Waals surface area (Å²) < 4.78 is 4.54. The molecule has 0 aromatic heterocycles. The third-order valence-corrected chi connectivity index (χ3v) is 2.79. The number of allylic oxidation sites excluding steroid dienone is 1. The van der Waals surface area contributed by atoms with Gasteiger partial charge in [0, 0.05) is 0 Å². The van der Waals surface area contributed by atoms with E-state index >= 15 is 0 Å². The lowest BCUT2D eigenvalue weighted by Gasteiger charge is -2.23. The molecule has 3 heteroatoms. The van der Waals surface area contributed by atoms with Gasteiger partial charge in [0.1, 0.15) is 0 Å². The Morgan fingerprint density at radius 3 is 2.44 bits per heavy atom. The predicted octanol–water partition coefficient (Wildman–Crippen LogP) is 2.85. The minimum atomic E-state index is -0.406. The maximum absolute atomic E-state index is 11.4. The summed E-state index contributed by atoms with van der Waals surface area (Å²) in [5.74, 6) is -1.17. The van der Waals surface area contributed by atoms with Crippen molar-refractivity contribution in [3.8, 4) is 0 Å². The Labute approximate surface area is 96.9 Å². The van der Waals surface area contributed by atoms with Gasteiger partial charge in [-0.1, -0.05) is 45.8 Å². The van der Waals surface area contributed by atoms with Crippen molar-refractivity contribution in [2.75, 3.05) is 0 Å². The molecule has 0 aromatic carbocycles. The van der Waals surface area contributed by atoms with Crippen molar-refractivity contribution in [3.05, 3.63) is 11.6 Å². The highest BCUT2D eigenvalue weighted by Gasteiger charge is 2.32. The molecule has 1 heterocycles. The van der Waals surface area contributed by atoms with Crippen LogP contribution >= 0.6 is 0 Å². The Bertz CT molecular complexity index is 321. The zero-order valence-corrected chi connectivity index (χ0v) is 10.5. The quantitative estimate of drug-likeness (QED) is 0.420. The zero-order valence-electron chi connectivity index (χ0n) is 10.5. The summed E-state index contributed by atoms with van der Waals surface area (Å²) in [6, 6.07) is 0. The van der Waals surface area contributed by atoms with E-state index in [-0.39, 0.29) is 17.8 Å². The summed E-state index contributed by atoms with van der Waals surface area (Å²) in [6.07, 6.45) is 4.12. The summed E-state index contributed by atoms with van der Waals surface area (Å²) in [7, 11) is 0. The molecule has 0 spiro atoms. The van der Waals surface area contributed by atoms with Crippen molar-refractivity contribution in [3.63, 3.8) is 0 Å². The molecule has 0 radical (unpaired) electrons. The highest BCUT2D eigenvalue weighted by atomic mass is 16.6. The Morgan fingerprint density at radius 1 is 1.44 bits per heavy atom. The van der Waals surface area contributed by atoms with Gasteiger partial charge in [-0.25, -0.2) is 0 Å². The van der Waals surface area contributed by atoms with Gasteiger partial charge < -0.3 is 4.74 Å². The SMILES string of the molecule is CCCC(=CC1CC(=O)OC1=O)C(C)(C)C. The summed E-state index contributed by atoms with van der Waals surface area (Å²) >= 11 is 0. The van der Waals surface area contributed by atoms with Gasteiger partial charge in [-0.2, -0.15) is 0 Å². The van der Waals surface area contributed by atoms with Crippen LogP contribution in [0.4, 0.5) is 0 Å². The third-order valence-electron chi connectivity index (χ3n) is 2.79. The molecule has 1 fully saturated rings. The highest BCUT2D eigenvalue weighted by molar-refractivity contribution is 5.95. The molecule has 0 saturated carbocycles. The van der Waals surface area contributed by atoms with E-state index in [1.165, 1.54) is 5.57 Å². The normalized spacial score (nSPS) is 22.5. The molecule has 16 heavy (non-hydrogen) atoms. The maximum atomic E-state index is 11.4. The highest BCUT2D eigenvalue weighted by Crippen LogP contribution is 2.32. The van der Waals surface area contributed by atoms with E-state index in [2.05, 4.69) is 32.4 Å². The summed E-state index contributed by atoms with van der Waals surface area (Å²) in [5.41, 5.74) is 1.27. The van der Waals surface area contributed by atoms with Crippen LogP contribution in [0.5, 0.6) is 0 Å². The molecular formula is C13H20O3. The summed E-state index contributed by atoms with van der Waals surface area (Å²) in [5, 5.41) is 0. The van der Waals surface area contributed by atoms with E-state index in [4.69, 9.17) is 0 Å². The van der Waals surface area contributed by atoms with Crippen LogP contribution < -0.4 is 0 Å². The smallest absolute Gasteiger partial charge is 0.321 e. The first-order valence-corrected chi connectivity index (χ1v) is 5.80. The van der Waals surface area contributed by atoms with Crippen molar-refractivity contribution in [1.29, 1.82) is 0 Å². The van der Waals surface area contributed by atoms with E-state index in [1.54, 1.807) is 0 Å². The van der Waals surface area contributed by atoms with Crippen LogP contribution in [0.2, 0.25) is 0 Å². The number of hydrogen-bond donors (Lipinski definition) is 0. The molecule has 1 unspecified atom stereocenters. The average Bonchev–Trinajstić information content (AvgIpc) is 2.43. The molecule has 1 rings (SSSR count). The number of hydrogen-bond acceptors (Lipinski definition) is 3. The standard InChI is InChI=1S/C13H20O3/c1-5-6-10(13(2,3)4)7-9-8-11(14)16-12(9)15/h7,9H,5-6,8H2,1-4H3. The minimum Gasteiger partial charge on any atom is -0.393 e. The van der Waals surface area contributed by atoms with Gasteiger partial charge in [0.2, 0.25) is 0 Å². The molecule has 0 aromatic rings. The van der Waals surface area contributed by atoms with Crippen LogP contribution in [0.3, 0.4) is 0 Å². The first-order chi connectivity index (χ1) is 7.34. The molecule has 1 atom stereocenters. The second-order valence-electron chi connectivity index (χ2n) is 5.30. The number of ether oxygens (including phenoxy) is 1. The van der Waals surface area contributed by atoms with Crippen molar-refractivity contribution in [2.24, 2.45) is 11.3 Å². The fraction of sp³-hybridized carbons (Fsp3) is 0.692. The monoisotopic (exact) mass is 224 g/mol. The lowest BCUT2D eigenvalue weighted by atomic mass is 9.82. The van der Waals surface area contributed by atoms with Crippen LogP contribution in [0.1, 0.15) is 47.0 Å². The lowest BCUT2D eigenvalue weighted by molar-refractivity contribution is -0.152. The fourth-order valence-electron chi connectivity index (χ4n) is 1.84. The predicted molar refractivity (Wildman–Crippen MR) is 61.7 cm³/mol. The van der Waals surface area contributed by atoms with Crippen LogP contribution in [-0.2, 0) is 14.3 Å².